The van der Waals surface area contributed by atoms with E-state index >= 15 is 0 Å². The molecule has 18 heavy (non-hydrogen) atoms. The third-order valence-electron chi connectivity index (χ3n) is 2.40. The zero-order valence-corrected chi connectivity index (χ0v) is 11.4. The van der Waals surface area contributed by atoms with Crippen LogP contribution in [0.4, 0.5) is 4.39 Å². The minimum absolute atomic E-state index is 0.0608. The highest BCUT2D eigenvalue weighted by atomic mass is 35.5. The number of halogens is 2. The highest BCUT2D eigenvalue weighted by Gasteiger charge is 2.17. The van der Waals surface area contributed by atoms with Crippen molar-refractivity contribution in [3.8, 4) is 0 Å². The fourth-order valence-corrected chi connectivity index (χ4v) is 1.91. The highest BCUT2D eigenvalue weighted by molar-refractivity contribution is 7.80. The lowest BCUT2D eigenvalue weighted by Crippen LogP contribution is -2.43. The van der Waals surface area contributed by atoms with E-state index in [4.69, 9.17) is 29.6 Å². The Labute approximate surface area is 115 Å². The first-order valence-corrected chi connectivity index (χ1v) is 6.29. The van der Waals surface area contributed by atoms with Crippen LogP contribution in [0.15, 0.2) is 18.2 Å². The smallest absolute Gasteiger partial charge is 0.253 e. The fraction of sp³-hybridized carbons (Fsp3) is 0.333. The van der Waals surface area contributed by atoms with Crippen molar-refractivity contribution in [1.82, 2.24) is 5.32 Å². The summed E-state index contributed by atoms with van der Waals surface area (Å²) in [5, 5.41) is 2.74. The third kappa shape index (κ3) is 3.92. The molecule has 98 valence electrons. The largest absolute Gasteiger partial charge is 0.392 e. The maximum absolute atomic E-state index is 12.9. The molecule has 0 aliphatic carbocycles. The number of nitrogens with two attached hydrogens (primary N) is 1. The molecule has 6 heteroatoms. The van der Waals surface area contributed by atoms with Gasteiger partial charge in [0.1, 0.15) is 5.82 Å². The second kappa shape index (κ2) is 6.66. The molecule has 1 unspecified atom stereocenters. The first kappa shape index (κ1) is 14.9. The molecular weight excluding hydrogens is 275 g/mol. The number of hydrogen-bond donors (Lipinski definition) is 2. The first-order chi connectivity index (χ1) is 8.45. The molecule has 0 aliphatic rings. The lowest BCUT2D eigenvalue weighted by Gasteiger charge is -2.17. The Kier molecular flexibility index (Phi) is 5.50. The summed E-state index contributed by atoms with van der Waals surface area (Å²) in [4.78, 5) is 12.2. The molecule has 0 saturated heterocycles. The van der Waals surface area contributed by atoms with Crippen LogP contribution in [-0.4, -0.2) is 16.9 Å². The van der Waals surface area contributed by atoms with Crippen LogP contribution in [-0.2, 0) is 0 Å². The molecule has 0 heterocycles. The summed E-state index contributed by atoms with van der Waals surface area (Å²) in [6.45, 7) is 1.96. The van der Waals surface area contributed by atoms with Crippen molar-refractivity contribution in [2.75, 3.05) is 0 Å². The van der Waals surface area contributed by atoms with Crippen LogP contribution in [0.1, 0.15) is 30.1 Å². The van der Waals surface area contributed by atoms with E-state index in [1.54, 1.807) is 0 Å². The second-order valence-corrected chi connectivity index (χ2v) is 4.72. The van der Waals surface area contributed by atoms with Crippen LogP contribution in [0.25, 0.3) is 0 Å². The molecule has 1 atom stereocenters. The Morgan fingerprint density at radius 1 is 1.61 bits per heavy atom. The number of thiocarbonyl (C=S) groups is 1. The van der Waals surface area contributed by atoms with Crippen molar-refractivity contribution < 1.29 is 9.18 Å². The molecule has 1 aromatic rings. The zero-order chi connectivity index (χ0) is 13.7. The van der Waals surface area contributed by atoms with Gasteiger partial charge in [0, 0.05) is 0 Å². The Morgan fingerprint density at radius 2 is 2.28 bits per heavy atom. The molecule has 0 bridgehead atoms. The number of hydrogen-bond acceptors (Lipinski definition) is 2. The topological polar surface area (TPSA) is 55.1 Å². The fourth-order valence-electron chi connectivity index (χ4n) is 1.48. The van der Waals surface area contributed by atoms with Crippen molar-refractivity contribution in [2.45, 2.75) is 25.8 Å². The van der Waals surface area contributed by atoms with Gasteiger partial charge in [0.05, 0.1) is 21.6 Å². The highest BCUT2D eigenvalue weighted by Crippen LogP contribution is 2.17. The normalized spacial score (nSPS) is 11.9. The van der Waals surface area contributed by atoms with Gasteiger partial charge in [-0.15, -0.1) is 0 Å². The molecule has 0 fully saturated rings. The molecule has 3 nitrogen and oxygen atoms in total. The molecule has 0 aromatic heterocycles. The van der Waals surface area contributed by atoms with Gasteiger partial charge in [0.2, 0.25) is 0 Å². The zero-order valence-electron chi connectivity index (χ0n) is 9.87. The maximum atomic E-state index is 12.9. The summed E-state index contributed by atoms with van der Waals surface area (Å²) in [6, 6.07) is 3.22. The van der Waals surface area contributed by atoms with Crippen molar-refractivity contribution >= 4 is 34.7 Å². The lowest BCUT2D eigenvalue weighted by atomic mass is 10.1. The van der Waals surface area contributed by atoms with Crippen molar-refractivity contribution in [3.63, 3.8) is 0 Å². The number of benzene rings is 1. The van der Waals surface area contributed by atoms with Crippen LogP contribution in [0.5, 0.6) is 0 Å². The Morgan fingerprint density at radius 3 is 2.78 bits per heavy atom. The predicted octanol–water partition coefficient (Wildman–Crippen LogP) is 2.66. The first-order valence-electron chi connectivity index (χ1n) is 5.51. The van der Waals surface area contributed by atoms with Gasteiger partial charge >= 0.3 is 0 Å². The van der Waals surface area contributed by atoms with E-state index in [1.807, 2.05) is 6.92 Å². The van der Waals surface area contributed by atoms with E-state index in [0.717, 1.165) is 12.5 Å². The van der Waals surface area contributed by atoms with Crippen LogP contribution in [0.2, 0.25) is 5.02 Å². The monoisotopic (exact) mass is 288 g/mol. The average molecular weight is 289 g/mol. The quantitative estimate of drug-likeness (QED) is 0.819. The molecule has 0 radical (unpaired) electrons. The maximum Gasteiger partial charge on any atom is 0.253 e. The van der Waals surface area contributed by atoms with Gasteiger partial charge < -0.3 is 11.1 Å². The average Bonchev–Trinajstić information content (AvgIpc) is 2.27. The molecule has 1 aromatic carbocycles. The third-order valence-corrected chi connectivity index (χ3v) is 3.00. The number of nitrogens with one attached hydrogen (secondary N) is 1. The van der Waals surface area contributed by atoms with Gasteiger partial charge in [-0.1, -0.05) is 37.2 Å². The van der Waals surface area contributed by atoms with Gasteiger partial charge in [0.25, 0.3) is 5.91 Å². The minimum Gasteiger partial charge on any atom is -0.392 e. The van der Waals surface area contributed by atoms with Crippen LogP contribution in [0.3, 0.4) is 0 Å². The number of amides is 1. The van der Waals surface area contributed by atoms with E-state index in [2.05, 4.69) is 5.32 Å². The number of carbonyl (C=O) groups is 1. The van der Waals surface area contributed by atoms with Gasteiger partial charge in [0.15, 0.2) is 0 Å². The van der Waals surface area contributed by atoms with Crippen molar-refractivity contribution in [2.24, 2.45) is 5.73 Å². The molecular formula is C12H14ClFN2OS. The Bertz CT molecular complexity index is 467. The number of carbonyl (C=O) groups excluding carboxylic acids is 1. The summed E-state index contributed by atoms with van der Waals surface area (Å²) >= 11 is 10.7. The predicted molar refractivity (Wildman–Crippen MR) is 74.4 cm³/mol. The summed E-state index contributed by atoms with van der Waals surface area (Å²) in [5.41, 5.74) is 5.74. The van der Waals surface area contributed by atoms with E-state index in [0.29, 0.717) is 6.42 Å². The van der Waals surface area contributed by atoms with Gasteiger partial charge in [-0.25, -0.2) is 4.39 Å². The van der Waals surface area contributed by atoms with E-state index in [-0.39, 0.29) is 21.6 Å². The van der Waals surface area contributed by atoms with Crippen LogP contribution < -0.4 is 11.1 Å². The Hall–Kier alpha value is -1.20. The molecule has 0 aliphatic heterocycles. The van der Waals surface area contributed by atoms with Crippen LogP contribution in [0, 0.1) is 5.82 Å². The van der Waals surface area contributed by atoms with Crippen molar-refractivity contribution in [1.29, 1.82) is 0 Å². The lowest BCUT2D eigenvalue weighted by molar-refractivity contribution is 0.0946. The Balaban J connectivity index is 2.83. The molecule has 3 N–H and O–H groups in total. The summed E-state index contributed by atoms with van der Waals surface area (Å²) in [7, 11) is 0. The van der Waals surface area contributed by atoms with Crippen molar-refractivity contribution in [3.05, 3.63) is 34.6 Å². The van der Waals surface area contributed by atoms with Gasteiger partial charge in [-0.3, -0.25) is 4.79 Å². The summed E-state index contributed by atoms with van der Waals surface area (Å²) in [6.07, 6.45) is 1.49. The SMILES string of the molecule is CCCC(NC(=O)c1ccc(F)cc1Cl)C(N)=S. The molecule has 0 spiro atoms. The van der Waals surface area contributed by atoms with Gasteiger partial charge in [-0.05, 0) is 24.6 Å². The molecule has 1 rings (SSSR count). The minimum atomic E-state index is -0.490. The van der Waals surface area contributed by atoms with E-state index in [9.17, 15) is 9.18 Å². The molecule has 1 amide bonds. The second-order valence-electron chi connectivity index (χ2n) is 3.84. The number of rotatable bonds is 5. The standard InChI is InChI=1S/C12H14ClFN2OS/c1-2-3-10(11(15)18)16-12(17)8-5-4-7(14)6-9(8)13/h4-6,10H,2-3H2,1H3,(H2,15,18)(H,16,17). The van der Waals surface area contributed by atoms with E-state index < -0.39 is 11.7 Å². The molecule has 0 saturated carbocycles. The van der Waals surface area contributed by atoms with E-state index in [1.165, 1.54) is 12.1 Å². The summed E-state index contributed by atoms with van der Waals surface area (Å²) in [5.74, 6) is -0.901. The van der Waals surface area contributed by atoms with Crippen LogP contribution >= 0.6 is 23.8 Å². The summed E-state index contributed by atoms with van der Waals surface area (Å²) < 4.78 is 12.9. The van der Waals surface area contributed by atoms with Gasteiger partial charge in [-0.2, -0.15) is 0 Å².